The van der Waals surface area contributed by atoms with Crippen LogP contribution in [-0.2, 0) is 17.1 Å². The number of hydrogen-bond donors (Lipinski definition) is 2. The molecule has 1 saturated carbocycles. The Morgan fingerprint density at radius 2 is 2.19 bits per heavy atom. The highest BCUT2D eigenvalue weighted by molar-refractivity contribution is 7.89. The Morgan fingerprint density at radius 3 is 2.56 bits per heavy atom. The number of sulfonamides is 1. The van der Waals surface area contributed by atoms with E-state index in [1.807, 2.05) is 13.8 Å². The van der Waals surface area contributed by atoms with Crippen LogP contribution >= 0.6 is 0 Å². The normalized spacial score (nSPS) is 23.3. The van der Waals surface area contributed by atoms with Gasteiger partial charge in [0.15, 0.2) is 5.82 Å². The summed E-state index contributed by atoms with van der Waals surface area (Å²) < 4.78 is 27.9. The van der Waals surface area contributed by atoms with E-state index in [9.17, 15) is 8.42 Å². The predicted octanol–water partition coefficient (Wildman–Crippen LogP) is 0.0791. The quantitative estimate of drug-likeness (QED) is 0.788. The highest BCUT2D eigenvalue weighted by Gasteiger charge is 2.48. The first-order valence-corrected chi connectivity index (χ1v) is 6.52. The Labute approximate surface area is 94.9 Å². The molecule has 0 saturated heterocycles. The van der Waals surface area contributed by atoms with Crippen molar-refractivity contribution in [1.29, 1.82) is 0 Å². The van der Waals surface area contributed by atoms with Gasteiger partial charge >= 0.3 is 0 Å². The highest BCUT2D eigenvalue weighted by atomic mass is 32.2. The van der Waals surface area contributed by atoms with Crippen molar-refractivity contribution < 1.29 is 8.42 Å². The van der Waals surface area contributed by atoms with Crippen molar-refractivity contribution in [2.24, 2.45) is 12.5 Å². The maximum Gasteiger partial charge on any atom is 0.246 e. The van der Waals surface area contributed by atoms with Gasteiger partial charge in [-0.15, -0.1) is 0 Å². The van der Waals surface area contributed by atoms with E-state index < -0.39 is 10.0 Å². The molecule has 1 atom stereocenters. The van der Waals surface area contributed by atoms with E-state index in [1.54, 1.807) is 7.05 Å². The Morgan fingerprint density at radius 1 is 1.62 bits per heavy atom. The molecule has 1 heterocycles. The first-order valence-electron chi connectivity index (χ1n) is 5.04. The number of nitrogens with one attached hydrogen (secondary N) is 1. The van der Waals surface area contributed by atoms with Crippen LogP contribution in [0.15, 0.2) is 11.1 Å². The molecule has 0 bridgehead atoms. The van der Waals surface area contributed by atoms with Crippen LogP contribution < -0.4 is 10.5 Å². The third-order valence-corrected chi connectivity index (χ3v) is 4.41. The van der Waals surface area contributed by atoms with Gasteiger partial charge < -0.3 is 5.73 Å². The number of nitrogens with two attached hydrogens (primary N) is 1. The van der Waals surface area contributed by atoms with E-state index in [0.29, 0.717) is 0 Å². The molecule has 1 fully saturated rings. The van der Waals surface area contributed by atoms with Crippen molar-refractivity contribution in [2.45, 2.75) is 31.2 Å². The lowest BCUT2D eigenvalue weighted by Gasteiger charge is -2.06. The second-order valence-corrected chi connectivity index (χ2v) is 6.60. The summed E-state index contributed by atoms with van der Waals surface area (Å²) in [7, 11) is -1.90. The van der Waals surface area contributed by atoms with E-state index in [0.717, 1.165) is 6.42 Å². The lowest BCUT2D eigenvalue weighted by atomic mass is 10.2. The van der Waals surface area contributed by atoms with Crippen LogP contribution in [0, 0.1) is 5.41 Å². The molecule has 3 N–H and O–H groups in total. The summed E-state index contributed by atoms with van der Waals surface area (Å²) >= 11 is 0. The number of rotatable bonds is 3. The second kappa shape index (κ2) is 3.21. The van der Waals surface area contributed by atoms with E-state index in [4.69, 9.17) is 5.73 Å². The zero-order chi connectivity index (χ0) is 12.1. The number of aryl methyl sites for hydroxylation is 1. The van der Waals surface area contributed by atoms with Gasteiger partial charge in [0.25, 0.3) is 0 Å². The molecule has 0 spiro atoms. The number of aromatic nitrogens is 2. The Hall–Kier alpha value is -1.08. The van der Waals surface area contributed by atoms with Crippen molar-refractivity contribution >= 4 is 15.8 Å². The van der Waals surface area contributed by atoms with Crippen LogP contribution in [0.25, 0.3) is 0 Å². The lowest BCUT2D eigenvalue weighted by molar-refractivity contribution is 0.555. The van der Waals surface area contributed by atoms with Gasteiger partial charge in [-0.2, -0.15) is 5.10 Å². The summed E-state index contributed by atoms with van der Waals surface area (Å²) in [5.41, 5.74) is 5.59. The molecule has 90 valence electrons. The average molecular weight is 244 g/mol. The molecule has 6 nitrogen and oxygen atoms in total. The molecular weight excluding hydrogens is 228 g/mol. The van der Waals surface area contributed by atoms with Crippen molar-refractivity contribution in [3.8, 4) is 0 Å². The molecular formula is C9H16N4O2S. The topological polar surface area (TPSA) is 90.0 Å². The fourth-order valence-electron chi connectivity index (χ4n) is 1.61. The Bertz CT molecular complexity index is 518. The third-order valence-electron chi connectivity index (χ3n) is 2.92. The minimum Gasteiger partial charge on any atom is -0.381 e. The summed E-state index contributed by atoms with van der Waals surface area (Å²) in [6.45, 7) is 4.04. The SMILES string of the molecule is Cn1cc(S(=O)(=O)NC2CC2(C)C)c(N)n1. The summed E-state index contributed by atoms with van der Waals surface area (Å²) in [6.07, 6.45) is 2.26. The van der Waals surface area contributed by atoms with Crippen LogP contribution in [-0.4, -0.2) is 24.2 Å². The monoisotopic (exact) mass is 244 g/mol. The Balaban J connectivity index is 2.23. The molecule has 16 heavy (non-hydrogen) atoms. The Kier molecular flexibility index (Phi) is 2.29. The zero-order valence-electron chi connectivity index (χ0n) is 9.56. The van der Waals surface area contributed by atoms with Gasteiger partial charge in [-0.1, -0.05) is 13.8 Å². The fourth-order valence-corrected chi connectivity index (χ4v) is 3.12. The van der Waals surface area contributed by atoms with Gasteiger partial charge in [0.1, 0.15) is 4.90 Å². The standard InChI is InChI=1S/C9H16N4O2S/c1-9(2)4-7(9)12-16(14,15)6-5-13(3)11-8(6)10/h5,7,12H,4H2,1-3H3,(H2,10,11). The lowest BCUT2D eigenvalue weighted by Crippen LogP contribution is -2.28. The summed E-state index contributed by atoms with van der Waals surface area (Å²) in [5.74, 6) is 0.0356. The minimum atomic E-state index is -3.54. The smallest absolute Gasteiger partial charge is 0.246 e. The molecule has 7 heteroatoms. The average Bonchev–Trinajstić information content (AvgIpc) is 2.53. The van der Waals surface area contributed by atoms with Gasteiger partial charge in [0.05, 0.1) is 0 Å². The van der Waals surface area contributed by atoms with Crippen molar-refractivity contribution in [3.05, 3.63) is 6.20 Å². The predicted molar refractivity (Wildman–Crippen MR) is 60.1 cm³/mol. The third kappa shape index (κ3) is 1.92. The maximum atomic E-state index is 12.0. The molecule has 0 aliphatic heterocycles. The van der Waals surface area contributed by atoms with Gasteiger partial charge in [-0.3, -0.25) is 4.68 Å². The molecule has 1 aliphatic carbocycles. The van der Waals surface area contributed by atoms with Crippen molar-refractivity contribution in [2.75, 3.05) is 5.73 Å². The first-order chi connectivity index (χ1) is 7.22. The number of anilines is 1. The van der Waals surface area contributed by atoms with Crippen LogP contribution in [0.1, 0.15) is 20.3 Å². The van der Waals surface area contributed by atoms with Gasteiger partial charge in [0.2, 0.25) is 10.0 Å². The molecule has 2 rings (SSSR count). The molecule has 0 amide bonds. The van der Waals surface area contributed by atoms with Crippen molar-refractivity contribution in [3.63, 3.8) is 0 Å². The zero-order valence-corrected chi connectivity index (χ0v) is 10.4. The molecule has 1 aromatic heterocycles. The summed E-state index contributed by atoms with van der Waals surface area (Å²) in [4.78, 5) is 0.0534. The number of nitrogen functional groups attached to an aromatic ring is 1. The largest absolute Gasteiger partial charge is 0.381 e. The van der Waals surface area contributed by atoms with Gasteiger partial charge in [0, 0.05) is 19.3 Å². The maximum absolute atomic E-state index is 12.0. The van der Waals surface area contributed by atoms with E-state index in [-0.39, 0.29) is 22.2 Å². The molecule has 1 aliphatic rings. The number of hydrogen-bond acceptors (Lipinski definition) is 4. The van der Waals surface area contributed by atoms with Crippen LogP contribution in [0.5, 0.6) is 0 Å². The first kappa shape index (κ1) is 11.4. The molecule has 1 aromatic rings. The molecule has 0 radical (unpaired) electrons. The second-order valence-electron chi connectivity index (χ2n) is 4.92. The van der Waals surface area contributed by atoms with E-state index in [1.165, 1.54) is 10.9 Å². The summed E-state index contributed by atoms with van der Waals surface area (Å²) in [6, 6.07) is -0.00268. The van der Waals surface area contributed by atoms with Crippen LogP contribution in [0.3, 0.4) is 0 Å². The van der Waals surface area contributed by atoms with Crippen LogP contribution in [0.4, 0.5) is 5.82 Å². The fraction of sp³-hybridized carbons (Fsp3) is 0.667. The molecule has 1 unspecified atom stereocenters. The van der Waals surface area contributed by atoms with Crippen LogP contribution in [0.2, 0.25) is 0 Å². The van der Waals surface area contributed by atoms with E-state index >= 15 is 0 Å². The summed E-state index contributed by atoms with van der Waals surface area (Å²) in [5, 5.41) is 3.82. The molecule has 0 aromatic carbocycles. The minimum absolute atomic E-state index is 0.00268. The van der Waals surface area contributed by atoms with Gasteiger partial charge in [-0.05, 0) is 11.8 Å². The number of nitrogens with zero attached hydrogens (tertiary/aromatic N) is 2. The highest BCUT2D eigenvalue weighted by Crippen LogP contribution is 2.45. The van der Waals surface area contributed by atoms with E-state index in [2.05, 4.69) is 9.82 Å². The van der Waals surface area contributed by atoms with Gasteiger partial charge in [-0.25, -0.2) is 13.1 Å². The van der Waals surface area contributed by atoms with Crippen molar-refractivity contribution in [1.82, 2.24) is 14.5 Å².